The maximum Gasteiger partial charge on any atom is 0.229 e. The van der Waals surface area contributed by atoms with E-state index in [2.05, 4.69) is 10.6 Å². The van der Waals surface area contributed by atoms with Gasteiger partial charge in [-0.1, -0.05) is 0 Å². The van der Waals surface area contributed by atoms with Gasteiger partial charge < -0.3 is 15.4 Å². The molecule has 2 rings (SSSR count). The molecule has 1 saturated carbocycles. The quantitative estimate of drug-likeness (QED) is 0.805. The molecule has 5 heteroatoms. The summed E-state index contributed by atoms with van der Waals surface area (Å²) in [7, 11) is 1.61. The Morgan fingerprint density at radius 2 is 2.00 bits per heavy atom. The predicted octanol–water partition coefficient (Wildman–Crippen LogP) is 1.92. The van der Waals surface area contributed by atoms with Crippen LogP contribution < -0.4 is 15.4 Å². The molecule has 90 valence electrons. The Labute approximate surface area is 105 Å². The van der Waals surface area contributed by atoms with Crippen LogP contribution in [0.25, 0.3) is 0 Å². The molecule has 1 aromatic carbocycles. The largest absolute Gasteiger partial charge is 0.497 e. The van der Waals surface area contributed by atoms with Gasteiger partial charge in [-0.05, 0) is 49.3 Å². The Morgan fingerprint density at radius 3 is 2.53 bits per heavy atom. The zero-order chi connectivity index (χ0) is 12.3. The van der Waals surface area contributed by atoms with Crippen LogP contribution in [0.3, 0.4) is 0 Å². The van der Waals surface area contributed by atoms with Crippen LogP contribution in [-0.2, 0) is 4.79 Å². The van der Waals surface area contributed by atoms with E-state index in [4.69, 9.17) is 17.0 Å². The van der Waals surface area contributed by atoms with Crippen LogP contribution in [0.2, 0.25) is 0 Å². The number of rotatable bonds is 3. The van der Waals surface area contributed by atoms with Crippen LogP contribution in [0, 0.1) is 5.92 Å². The average molecular weight is 250 g/mol. The summed E-state index contributed by atoms with van der Waals surface area (Å²) in [5.74, 6) is 0.949. The lowest BCUT2D eigenvalue weighted by Gasteiger charge is -2.09. The van der Waals surface area contributed by atoms with Crippen LogP contribution >= 0.6 is 12.2 Å². The number of amides is 1. The minimum Gasteiger partial charge on any atom is -0.497 e. The molecule has 0 saturated heterocycles. The lowest BCUT2D eigenvalue weighted by Crippen LogP contribution is -2.35. The third-order valence-corrected chi connectivity index (χ3v) is 2.74. The Kier molecular flexibility index (Phi) is 3.58. The molecule has 1 aliphatic rings. The summed E-state index contributed by atoms with van der Waals surface area (Å²) in [5, 5.41) is 5.96. The number of methoxy groups -OCH3 is 1. The Balaban J connectivity index is 1.86. The molecule has 0 atom stereocenters. The van der Waals surface area contributed by atoms with Crippen molar-refractivity contribution in [3.63, 3.8) is 0 Å². The van der Waals surface area contributed by atoms with Gasteiger partial charge in [-0.3, -0.25) is 4.79 Å². The number of hydrogen-bond donors (Lipinski definition) is 2. The number of ether oxygens (including phenoxy) is 1. The second-order valence-electron chi connectivity index (χ2n) is 3.95. The highest BCUT2D eigenvalue weighted by Gasteiger charge is 2.29. The number of benzene rings is 1. The molecule has 1 amide bonds. The van der Waals surface area contributed by atoms with Gasteiger partial charge in [0.25, 0.3) is 0 Å². The first-order valence-electron chi connectivity index (χ1n) is 5.45. The zero-order valence-corrected chi connectivity index (χ0v) is 10.3. The summed E-state index contributed by atoms with van der Waals surface area (Å²) in [6.45, 7) is 0. The Morgan fingerprint density at radius 1 is 1.35 bits per heavy atom. The standard InChI is InChI=1S/C12H14N2O2S/c1-16-10-6-4-9(5-7-10)13-12(17)14-11(15)8-2-3-8/h4-8H,2-3H2,1H3,(H2,13,14,15,17). The lowest BCUT2D eigenvalue weighted by molar-refractivity contribution is -0.120. The number of anilines is 1. The topological polar surface area (TPSA) is 50.4 Å². The monoisotopic (exact) mass is 250 g/mol. The smallest absolute Gasteiger partial charge is 0.229 e. The van der Waals surface area contributed by atoms with Crippen molar-refractivity contribution in [3.05, 3.63) is 24.3 Å². The van der Waals surface area contributed by atoms with Crippen molar-refractivity contribution in [2.24, 2.45) is 5.92 Å². The van der Waals surface area contributed by atoms with Crippen LogP contribution in [0.1, 0.15) is 12.8 Å². The third-order valence-electron chi connectivity index (χ3n) is 2.53. The summed E-state index contributed by atoms with van der Waals surface area (Å²) in [5.41, 5.74) is 0.826. The lowest BCUT2D eigenvalue weighted by atomic mass is 10.3. The van der Waals surface area contributed by atoms with E-state index in [9.17, 15) is 4.79 Å². The highest BCUT2D eigenvalue weighted by Crippen LogP contribution is 2.28. The van der Waals surface area contributed by atoms with Gasteiger partial charge in [0.05, 0.1) is 7.11 Å². The number of nitrogens with one attached hydrogen (secondary N) is 2. The molecule has 0 heterocycles. The number of carbonyl (C=O) groups is 1. The van der Waals surface area contributed by atoms with Crippen molar-refractivity contribution >= 4 is 28.9 Å². The first-order valence-corrected chi connectivity index (χ1v) is 5.86. The van der Waals surface area contributed by atoms with E-state index in [1.54, 1.807) is 7.11 Å². The van der Waals surface area contributed by atoms with E-state index < -0.39 is 0 Å². The van der Waals surface area contributed by atoms with Crippen LogP contribution in [0.15, 0.2) is 24.3 Å². The zero-order valence-electron chi connectivity index (χ0n) is 9.53. The fourth-order valence-electron chi connectivity index (χ4n) is 1.40. The van der Waals surface area contributed by atoms with Gasteiger partial charge in [0.1, 0.15) is 5.75 Å². The van der Waals surface area contributed by atoms with Gasteiger partial charge >= 0.3 is 0 Å². The van der Waals surface area contributed by atoms with Crippen molar-refractivity contribution in [1.82, 2.24) is 5.32 Å². The molecular weight excluding hydrogens is 236 g/mol. The fraction of sp³-hybridized carbons (Fsp3) is 0.333. The summed E-state index contributed by atoms with van der Waals surface area (Å²) in [4.78, 5) is 11.4. The molecule has 1 aliphatic carbocycles. The molecule has 0 unspecified atom stereocenters. The molecule has 0 spiro atoms. The third kappa shape index (κ3) is 3.42. The van der Waals surface area contributed by atoms with Crippen molar-refractivity contribution in [1.29, 1.82) is 0 Å². The summed E-state index contributed by atoms with van der Waals surface area (Å²) in [6, 6.07) is 7.34. The minimum absolute atomic E-state index is 0.0102. The average Bonchev–Trinajstić information content (AvgIpc) is 3.13. The van der Waals surface area contributed by atoms with Gasteiger partial charge in [0.2, 0.25) is 5.91 Å². The van der Waals surface area contributed by atoms with E-state index in [1.165, 1.54) is 0 Å². The van der Waals surface area contributed by atoms with E-state index in [1.807, 2.05) is 24.3 Å². The van der Waals surface area contributed by atoms with Crippen LogP contribution in [0.5, 0.6) is 5.75 Å². The minimum atomic E-state index is 0.0102. The van der Waals surface area contributed by atoms with Gasteiger partial charge in [-0.2, -0.15) is 0 Å². The summed E-state index contributed by atoms with van der Waals surface area (Å²) < 4.78 is 5.05. The van der Waals surface area contributed by atoms with E-state index in [0.717, 1.165) is 24.3 Å². The summed E-state index contributed by atoms with van der Waals surface area (Å²) in [6.07, 6.45) is 1.94. The van der Waals surface area contributed by atoms with Crippen molar-refractivity contribution in [3.8, 4) is 5.75 Å². The second-order valence-corrected chi connectivity index (χ2v) is 4.35. The highest BCUT2D eigenvalue weighted by atomic mass is 32.1. The number of hydrogen-bond acceptors (Lipinski definition) is 3. The normalized spacial score (nSPS) is 13.9. The molecule has 2 N–H and O–H groups in total. The molecule has 0 aromatic heterocycles. The van der Waals surface area contributed by atoms with Gasteiger partial charge in [0, 0.05) is 11.6 Å². The first kappa shape index (κ1) is 11.9. The fourth-order valence-corrected chi connectivity index (χ4v) is 1.61. The van der Waals surface area contributed by atoms with E-state index >= 15 is 0 Å². The maximum absolute atomic E-state index is 11.4. The van der Waals surface area contributed by atoms with Crippen molar-refractivity contribution in [2.75, 3.05) is 12.4 Å². The van der Waals surface area contributed by atoms with Crippen LogP contribution in [-0.4, -0.2) is 18.1 Å². The number of thiocarbonyl (C=S) groups is 1. The van der Waals surface area contributed by atoms with Crippen molar-refractivity contribution in [2.45, 2.75) is 12.8 Å². The second kappa shape index (κ2) is 5.14. The molecule has 1 fully saturated rings. The van der Waals surface area contributed by atoms with Gasteiger partial charge in [-0.25, -0.2) is 0 Å². The Bertz CT molecular complexity index is 427. The SMILES string of the molecule is COc1ccc(NC(=S)NC(=O)C2CC2)cc1. The molecule has 0 bridgehead atoms. The van der Waals surface area contributed by atoms with E-state index in [-0.39, 0.29) is 11.8 Å². The van der Waals surface area contributed by atoms with Gasteiger partial charge in [-0.15, -0.1) is 0 Å². The molecule has 0 aliphatic heterocycles. The van der Waals surface area contributed by atoms with Crippen molar-refractivity contribution < 1.29 is 9.53 Å². The van der Waals surface area contributed by atoms with Gasteiger partial charge in [0.15, 0.2) is 5.11 Å². The molecule has 17 heavy (non-hydrogen) atoms. The summed E-state index contributed by atoms with van der Waals surface area (Å²) >= 11 is 5.05. The molecular formula is C12H14N2O2S. The van der Waals surface area contributed by atoms with Crippen LogP contribution in [0.4, 0.5) is 5.69 Å². The maximum atomic E-state index is 11.4. The number of carbonyl (C=O) groups excluding carboxylic acids is 1. The first-order chi connectivity index (χ1) is 8.19. The molecule has 4 nitrogen and oxygen atoms in total. The molecule has 1 aromatic rings. The Hall–Kier alpha value is -1.62. The predicted molar refractivity (Wildman–Crippen MR) is 70.1 cm³/mol. The molecule has 0 radical (unpaired) electrons. The van der Waals surface area contributed by atoms with E-state index in [0.29, 0.717) is 5.11 Å². The highest BCUT2D eigenvalue weighted by molar-refractivity contribution is 7.80.